The molecule has 1 heterocycles. The fourth-order valence-corrected chi connectivity index (χ4v) is 6.53. The first kappa shape index (κ1) is 51.8. The number of hydrogen-bond acceptors (Lipinski definition) is 19. The first-order chi connectivity index (χ1) is 33.5. The quantitative estimate of drug-likeness (QED) is 0.00722. The van der Waals surface area contributed by atoms with Gasteiger partial charge in [0.1, 0.15) is 30.5 Å². The van der Waals surface area contributed by atoms with Gasteiger partial charge >= 0.3 is 35.8 Å². The molecule has 0 spiro atoms. The maximum Gasteiger partial charge on any atom is 0.343 e. The van der Waals surface area contributed by atoms with Crippen LogP contribution < -0.4 is 19.6 Å². The van der Waals surface area contributed by atoms with Crippen molar-refractivity contribution in [3.63, 3.8) is 0 Å². The van der Waals surface area contributed by atoms with Crippen molar-refractivity contribution in [2.45, 2.75) is 31.8 Å². The van der Waals surface area contributed by atoms with Gasteiger partial charge in [0.15, 0.2) is 6.10 Å². The Kier molecular flexibility index (Phi) is 21.1. The number of hydrazone groups is 1. The molecule has 4 aromatic carbocycles. The second kappa shape index (κ2) is 28.1. The number of esters is 6. The fourth-order valence-electron chi connectivity index (χ4n) is 5.71. The maximum absolute atomic E-state index is 13.5. The van der Waals surface area contributed by atoms with Gasteiger partial charge in [-0.15, -0.1) is 0 Å². The van der Waals surface area contributed by atoms with Crippen LogP contribution in [0.3, 0.4) is 0 Å². The number of unbranched alkanes of at least 4 members (excludes halogenated alkanes) is 1. The molecule has 0 saturated carbocycles. The standard InChI is InChI=1S/C50H49N3O15S/c1-4-44(54)61-26-10-9-25-60-31-40(67-47(57)24-28-62-45(55)5-2)32-64-38-18-16-36(17-19-38)49(59)68-42-22-13-34(29-37(42)30-51-53-50-52-41-11-7-8-12-43(41)69-50)23-27-63-48(58)35-14-20-39(21-15-35)65-33-66-46(56)6-3/h4-8,11-22,29-30,40H,1-3,9-10,23-28,31-33H2,(H,52,53)/b51-30+. The lowest BCUT2D eigenvalue weighted by atomic mass is 10.1. The highest BCUT2D eigenvalue weighted by atomic mass is 32.1. The van der Waals surface area contributed by atoms with Gasteiger partial charge in [-0.1, -0.05) is 49.3 Å². The molecule has 69 heavy (non-hydrogen) atoms. The van der Waals surface area contributed by atoms with Crippen molar-refractivity contribution in [3.05, 3.63) is 151 Å². The molecule has 0 aliphatic rings. The number of hydrogen-bond donors (Lipinski definition) is 1. The molecule has 360 valence electrons. The molecule has 5 rings (SSSR count). The van der Waals surface area contributed by atoms with E-state index in [1.807, 2.05) is 24.3 Å². The normalized spacial score (nSPS) is 11.1. The topological polar surface area (TPSA) is 223 Å². The number of carbonyl (C=O) groups excluding carboxylic acids is 6. The Balaban J connectivity index is 1.19. The van der Waals surface area contributed by atoms with Crippen LogP contribution in [-0.2, 0) is 54.0 Å². The molecule has 1 atom stereocenters. The summed E-state index contributed by atoms with van der Waals surface area (Å²) < 4.78 is 49.4. The number of carbonyl (C=O) groups is 6. The second-order valence-corrected chi connectivity index (χ2v) is 15.2. The predicted octanol–water partition coefficient (Wildman–Crippen LogP) is 7.36. The second-order valence-electron chi connectivity index (χ2n) is 14.2. The fraction of sp³-hybridized carbons (Fsp3) is 0.240. The summed E-state index contributed by atoms with van der Waals surface area (Å²) in [5.74, 6) is -2.78. The molecule has 0 bridgehead atoms. The van der Waals surface area contributed by atoms with Gasteiger partial charge in [-0.25, -0.2) is 29.0 Å². The molecular weight excluding hydrogens is 915 g/mol. The van der Waals surface area contributed by atoms with Crippen molar-refractivity contribution in [2.24, 2.45) is 5.10 Å². The van der Waals surface area contributed by atoms with Crippen LogP contribution in [-0.4, -0.2) is 99.6 Å². The van der Waals surface area contributed by atoms with Crippen molar-refractivity contribution in [1.29, 1.82) is 0 Å². The largest absolute Gasteiger partial charge is 0.490 e. The molecule has 0 aliphatic carbocycles. The summed E-state index contributed by atoms with van der Waals surface area (Å²) in [6.07, 6.45) is 4.94. The van der Waals surface area contributed by atoms with E-state index in [9.17, 15) is 28.8 Å². The third-order valence-corrected chi connectivity index (χ3v) is 10.1. The highest BCUT2D eigenvalue weighted by Gasteiger charge is 2.18. The van der Waals surface area contributed by atoms with E-state index in [0.29, 0.717) is 41.5 Å². The number of thiazole rings is 1. The number of aromatic nitrogens is 1. The Hall–Kier alpha value is -8.16. The van der Waals surface area contributed by atoms with E-state index < -0.39 is 41.9 Å². The average molecular weight is 964 g/mol. The number of nitrogens with one attached hydrogen (secondary N) is 1. The van der Waals surface area contributed by atoms with Crippen molar-refractivity contribution < 1.29 is 71.4 Å². The molecular formula is C50H49N3O15S. The number of ether oxygens (including phenoxy) is 9. The monoisotopic (exact) mass is 963 g/mol. The maximum atomic E-state index is 13.5. The van der Waals surface area contributed by atoms with Gasteiger partial charge in [0.2, 0.25) is 11.9 Å². The Morgan fingerprint density at radius 2 is 1.33 bits per heavy atom. The Bertz CT molecular complexity index is 2560. The van der Waals surface area contributed by atoms with E-state index in [4.69, 9.17) is 42.6 Å². The molecule has 0 aliphatic heterocycles. The lowest BCUT2D eigenvalue weighted by Gasteiger charge is -2.19. The van der Waals surface area contributed by atoms with Crippen LogP contribution in [0, 0.1) is 0 Å². The number of fused-ring (bicyclic) bond motifs is 1. The minimum Gasteiger partial charge on any atom is -0.490 e. The van der Waals surface area contributed by atoms with Crippen molar-refractivity contribution >= 4 is 68.7 Å². The summed E-state index contributed by atoms with van der Waals surface area (Å²) in [7, 11) is 0. The predicted molar refractivity (Wildman–Crippen MR) is 253 cm³/mol. The molecule has 0 saturated heterocycles. The van der Waals surface area contributed by atoms with E-state index in [1.54, 1.807) is 42.5 Å². The van der Waals surface area contributed by atoms with Gasteiger partial charge in [-0.05, 0) is 91.2 Å². The molecule has 0 fully saturated rings. The van der Waals surface area contributed by atoms with E-state index in [2.05, 4.69) is 35.2 Å². The van der Waals surface area contributed by atoms with Crippen LogP contribution in [0.2, 0.25) is 0 Å². The average Bonchev–Trinajstić information content (AvgIpc) is 3.79. The van der Waals surface area contributed by atoms with Crippen molar-refractivity contribution in [2.75, 3.05) is 51.9 Å². The summed E-state index contributed by atoms with van der Waals surface area (Å²) in [5, 5.41) is 4.92. The van der Waals surface area contributed by atoms with E-state index >= 15 is 0 Å². The first-order valence-electron chi connectivity index (χ1n) is 21.3. The van der Waals surface area contributed by atoms with Gasteiger partial charge in [-0.2, -0.15) is 5.10 Å². The van der Waals surface area contributed by atoms with Crippen LogP contribution in [0.25, 0.3) is 10.2 Å². The van der Waals surface area contributed by atoms with Crippen molar-refractivity contribution in [1.82, 2.24) is 4.98 Å². The van der Waals surface area contributed by atoms with Crippen LogP contribution in [0.15, 0.2) is 134 Å². The zero-order valence-electron chi connectivity index (χ0n) is 37.4. The molecule has 1 unspecified atom stereocenters. The summed E-state index contributed by atoms with van der Waals surface area (Å²) in [6.45, 7) is 9.85. The van der Waals surface area contributed by atoms with E-state index in [-0.39, 0.29) is 69.7 Å². The smallest absolute Gasteiger partial charge is 0.343 e. The van der Waals surface area contributed by atoms with Crippen LogP contribution >= 0.6 is 11.3 Å². The number of benzene rings is 4. The SMILES string of the molecule is C=CC(=O)OCCCCOCC(COc1ccc(C(=O)Oc2ccc(CCOC(=O)c3ccc(OCOC(=O)C=C)cc3)cc2/C=N/Nc2nc3ccccc3s2)cc1)OC(=O)CCOC(=O)C=C. The molecule has 1 aromatic heterocycles. The zero-order chi connectivity index (χ0) is 49.2. The van der Waals surface area contributed by atoms with Gasteiger partial charge in [0.25, 0.3) is 0 Å². The third kappa shape index (κ3) is 18.2. The first-order valence-corrected chi connectivity index (χ1v) is 22.1. The summed E-state index contributed by atoms with van der Waals surface area (Å²) >= 11 is 1.42. The van der Waals surface area contributed by atoms with E-state index in [1.165, 1.54) is 41.8 Å². The highest BCUT2D eigenvalue weighted by molar-refractivity contribution is 7.22. The minimum atomic E-state index is -0.850. The summed E-state index contributed by atoms with van der Waals surface area (Å²) in [5.41, 5.74) is 5.42. The lowest BCUT2D eigenvalue weighted by Crippen LogP contribution is -2.30. The summed E-state index contributed by atoms with van der Waals surface area (Å²) in [6, 6.07) is 25.0. The van der Waals surface area contributed by atoms with Crippen LogP contribution in [0.5, 0.6) is 17.2 Å². The zero-order valence-corrected chi connectivity index (χ0v) is 38.2. The Morgan fingerprint density at radius 1 is 0.681 bits per heavy atom. The highest BCUT2D eigenvalue weighted by Crippen LogP contribution is 2.26. The van der Waals surface area contributed by atoms with Crippen molar-refractivity contribution in [3.8, 4) is 17.2 Å². The lowest BCUT2D eigenvalue weighted by molar-refractivity contribution is -0.156. The minimum absolute atomic E-state index is 0.0222. The molecule has 0 radical (unpaired) electrons. The number of para-hydroxylation sites is 1. The molecule has 5 aromatic rings. The van der Waals surface area contributed by atoms with Crippen LogP contribution in [0.4, 0.5) is 5.13 Å². The number of anilines is 1. The Morgan fingerprint density at radius 3 is 2.04 bits per heavy atom. The van der Waals surface area contributed by atoms with Gasteiger partial charge in [0.05, 0.1) is 53.8 Å². The Labute approximate surface area is 401 Å². The summed E-state index contributed by atoms with van der Waals surface area (Å²) in [4.78, 5) is 77.2. The van der Waals surface area contributed by atoms with Gasteiger partial charge in [0, 0.05) is 36.8 Å². The molecule has 18 nitrogen and oxygen atoms in total. The van der Waals surface area contributed by atoms with Gasteiger partial charge < -0.3 is 42.6 Å². The number of rotatable bonds is 29. The number of nitrogens with zero attached hydrogens (tertiary/aromatic N) is 2. The van der Waals surface area contributed by atoms with Crippen LogP contribution in [0.1, 0.15) is 51.1 Å². The molecule has 19 heteroatoms. The molecule has 0 amide bonds. The van der Waals surface area contributed by atoms with E-state index in [0.717, 1.165) is 34.0 Å². The molecule has 1 N–H and O–H groups in total. The third-order valence-electron chi connectivity index (χ3n) is 9.18. The van der Waals surface area contributed by atoms with Gasteiger partial charge in [-0.3, -0.25) is 10.2 Å².